The molecule has 0 aliphatic rings. The minimum absolute atomic E-state index is 0.0297. The van der Waals surface area contributed by atoms with E-state index in [1.54, 1.807) is 24.4 Å². The summed E-state index contributed by atoms with van der Waals surface area (Å²) >= 11 is 5.87. The molecule has 0 saturated carbocycles. The molecule has 0 radical (unpaired) electrons. The number of hydrogen-bond donors (Lipinski definition) is 2. The maximum Gasteiger partial charge on any atom is 0.101 e. The highest BCUT2D eigenvalue weighted by Gasteiger charge is 2.11. The molecule has 1 heterocycles. The van der Waals surface area contributed by atoms with Gasteiger partial charge in [-0.25, -0.2) is 0 Å². The first-order chi connectivity index (χ1) is 10.2. The van der Waals surface area contributed by atoms with E-state index in [0.29, 0.717) is 23.6 Å². The van der Waals surface area contributed by atoms with Crippen LogP contribution in [-0.2, 0) is 6.42 Å². The van der Waals surface area contributed by atoms with Crippen LogP contribution < -0.4 is 5.32 Å². The van der Waals surface area contributed by atoms with Crippen LogP contribution in [0, 0.1) is 17.2 Å². The second-order valence-electron chi connectivity index (χ2n) is 4.76. The predicted molar refractivity (Wildman–Crippen MR) is 83.2 cm³/mol. The summed E-state index contributed by atoms with van der Waals surface area (Å²) in [5.74, 6) is 0.0297. The number of rotatable bonds is 6. The normalized spacial score (nSPS) is 11.7. The molecular weight excluding hydrogens is 286 g/mol. The van der Waals surface area contributed by atoms with Crippen molar-refractivity contribution in [3.8, 4) is 6.07 Å². The van der Waals surface area contributed by atoms with Crippen molar-refractivity contribution in [2.75, 3.05) is 18.5 Å². The number of aliphatic hydroxyl groups is 1. The molecule has 2 aromatic rings. The molecule has 4 nitrogen and oxygen atoms in total. The molecule has 21 heavy (non-hydrogen) atoms. The molecule has 1 aromatic heterocycles. The molecule has 0 spiro atoms. The van der Waals surface area contributed by atoms with Crippen LogP contribution in [0.5, 0.6) is 0 Å². The number of aromatic nitrogens is 1. The third-order valence-corrected chi connectivity index (χ3v) is 3.40. The monoisotopic (exact) mass is 301 g/mol. The lowest BCUT2D eigenvalue weighted by molar-refractivity contribution is 0.232. The second-order valence-corrected chi connectivity index (χ2v) is 5.19. The summed E-state index contributed by atoms with van der Waals surface area (Å²) in [6, 6.07) is 13.0. The number of nitrogens with zero attached hydrogens (tertiary/aromatic N) is 2. The van der Waals surface area contributed by atoms with E-state index < -0.39 is 0 Å². The fourth-order valence-electron chi connectivity index (χ4n) is 2.03. The Kier molecular flexibility index (Phi) is 5.56. The Labute approximate surface area is 129 Å². The molecule has 0 amide bonds. The van der Waals surface area contributed by atoms with Crippen molar-refractivity contribution in [2.45, 2.75) is 6.42 Å². The van der Waals surface area contributed by atoms with E-state index in [9.17, 15) is 5.11 Å². The molecule has 2 N–H and O–H groups in total. The standard InChI is InChI=1S/C16H16ClN3O/c17-14-4-5-16(13(8-14)9-18)20-10-12(11-21)7-15-3-1-2-6-19-15/h1-6,8,12,20-21H,7,10-11H2/t12-/m0/s1. The summed E-state index contributed by atoms with van der Waals surface area (Å²) in [4.78, 5) is 4.26. The Morgan fingerprint density at radius 1 is 1.33 bits per heavy atom. The van der Waals surface area contributed by atoms with Crippen LogP contribution in [0.25, 0.3) is 0 Å². The van der Waals surface area contributed by atoms with E-state index in [2.05, 4.69) is 16.4 Å². The minimum Gasteiger partial charge on any atom is -0.396 e. The first kappa shape index (κ1) is 15.3. The first-order valence-electron chi connectivity index (χ1n) is 6.67. The lowest BCUT2D eigenvalue weighted by Gasteiger charge is -2.16. The number of nitriles is 1. The molecule has 108 valence electrons. The van der Waals surface area contributed by atoms with Gasteiger partial charge in [-0.15, -0.1) is 0 Å². The van der Waals surface area contributed by atoms with Gasteiger partial charge in [-0.3, -0.25) is 4.98 Å². The molecule has 0 aliphatic heterocycles. The summed E-state index contributed by atoms with van der Waals surface area (Å²) < 4.78 is 0. The van der Waals surface area contributed by atoms with Gasteiger partial charge >= 0.3 is 0 Å². The average Bonchev–Trinajstić information content (AvgIpc) is 2.53. The van der Waals surface area contributed by atoms with Crippen LogP contribution in [0.1, 0.15) is 11.3 Å². The van der Waals surface area contributed by atoms with E-state index in [4.69, 9.17) is 16.9 Å². The zero-order valence-corrected chi connectivity index (χ0v) is 12.2. The SMILES string of the molecule is N#Cc1cc(Cl)ccc1NC[C@@H](CO)Cc1ccccn1. The number of anilines is 1. The first-order valence-corrected chi connectivity index (χ1v) is 7.05. The summed E-state index contributed by atoms with van der Waals surface area (Å²) in [5, 5.41) is 22.3. The van der Waals surface area contributed by atoms with Gasteiger partial charge < -0.3 is 10.4 Å². The van der Waals surface area contributed by atoms with Crippen molar-refractivity contribution in [2.24, 2.45) is 5.92 Å². The van der Waals surface area contributed by atoms with Gasteiger partial charge in [0.1, 0.15) is 6.07 Å². The highest BCUT2D eigenvalue weighted by Crippen LogP contribution is 2.20. The zero-order chi connectivity index (χ0) is 15.1. The molecule has 0 unspecified atom stereocenters. The lowest BCUT2D eigenvalue weighted by Crippen LogP contribution is -2.21. The third kappa shape index (κ3) is 4.45. The van der Waals surface area contributed by atoms with Gasteiger partial charge in [0.25, 0.3) is 0 Å². The molecule has 1 aromatic carbocycles. The van der Waals surface area contributed by atoms with Gasteiger partial charge in [-0.2, -0.15) is 5.26 Å². The Morgan fingerprint density at radius 2 is 2.19 bits per heavy atom. The second kappa shape index (κ2) is 7.63. The number of nitrogens with one attached hydrogen (secondary N) is 1. The number of pyridine rings is 1. The quantitative estimate of drug-likeness (QED) is 0.861. The van der Waals surface area contributed by atoms with E-state index in [-0.39, 0.29) is 12.5 Å². The highest BCUT2D eigenvalue weighted by atomic mass is 35.5. The van der Waals surface area contributed by atoms with Gasteiger partial charge in [0, 0.05) is 36.0 Å². The van der Waals surface area contributed by atoms with Crippen LogP contribution in [0.15, 0.2) is 42.6 Å². The number of benzene rings is 1. The Hall–Kier alpha value is -2.09. The largest absolute Gasteiger partial charge is 0.396 e. The van der Waals surface area contributed by atoms with Gasteiger partial charge in [0.05, 0.1) is 11.3 Å². The number of hydrogen-bond acceptors (Lipinski definition) is 4. The zero-order valence-electron chi connectivity index (χ0n) is 11.5. The van der Waals surface area contributed by atoms with E-state index in [1.807, 2.05) is 18.2 Å². The van der Waals surface area contributed by atoms with Crippen LogP contribution in [0.3, 0.4) is 0 Å². The van der Waals surface area contributed by atoms with Crippen LogP contribution in [0.4, 0.5) is 5.69 Å². The summed E-state index contributed by atoms with van der Waals surface area (Å²) in [6.45, 7) is 0.614. The lowest BCUT2D eigenvalue weighted by atomic mass is 10.0. The minimum atomic E-state index is 0.0297. The smallest absolute Gasteiger partial charge is 0.101 e. The predicted octanol–water partition coefficient (Wildman–Crippen LogP) is 2.87. The molecule has 5 heteroatoms. The van der Waals surface area contributed by atoms with Gasteiger partial charge in [-0.05, 0) is 36.8 Å². The van der Waals surface area contributed by atoms with Gasteiger partial charge in [-0.1, -0.05) is 17.7 Å². The maximum atomic E-state index is 9.48. The van der Waals surface area contributed by atoms with Crippen LogP contribution in [-0.4, -0.2) is 23.2 Å². The fourth-order valence-corrected chi connectivity index (χ4v) is 2.21. The van der Waals surface area contributed by atoms with Crippen molar-refractivity contribution < 1.29 is 5.11 Å². The van der Waals surface area contributed by atoms with E-state index in [0.717, 1.165) is 11.4 Å². The van der Waals surface area contributed by atoms with Crippen LogP contribution >= 0.6 is 11.6 Å². The summed E-state index contributed by atoms with van der Waals surface area (Å²) in [5.41, 5.74) is 2.16. The molecular formula is C16H16ClN3O. The van der Waals surface area contributed by atoms with Crippen molar-refractivity contribution >= 4 is 17.3 Å². The summed E-state index contributed by atoms with van der Waals surface area (Å²) in [7, 11) is 0. The van der Waals surface area contributed by atoms with Crippen molar-refractivity contribution in [1.82, 2.24) is 4.98 Å². The average molecular weight is 302 g/mol. The van der Waals surface area contributed by atoms with Crippen molar-refractivity contribution in [1.29, 1.82) is 5.26 Å². The van der Waals surface area contributed by atoms with Crippen molar-refractivity contribution in [3.05, 3.63) is 58.9 Å². The molecule has 2 rings (SSSR count). The van der Waals surface area contributed by atoms with Crippen LogP contribution in [0.2, 0.25) is 5.02 Å². The molecule has 0 bridgehead atoms. The number of aliphatic hydroxyl groups excluding tert-OH is 1. The van der Waals surface area contributed by atoms with E-state index >= 15 is 0 Å². The molecule has 0 fully saturated rings. The van der Waals surface area contributed by atoms with Crippen molar-refractivity contribution in [3.63, 3.8) is 0 Å². The van der Waals surface area contributed by atoms with Gasteiger partial charge in [0.15, 0.2) is 0 Å². The topological polar surface area (TPSA) is 68.9 Å². The molecule has 0 aliphatic carbocycles. The molecule has 1 atom stereocenters. The Morgan fingerprint density at radius 3 is 2.86 bits per heavy atom. The summed E-state index contributed by atoms with van der Waals surface area (Å²) in [6.07, 6.45) is 2.42. The highest BCUT2D eigenvalue weighted by molar-refractivity contribution is 6.30. The maximum absolute atomic E-state index is 9.48. The molecule has 0 saturated heterocycles. The fraction of sp³-hybridized carbons (Fsp3) is 0.250. The third-order valence-electron chi connectivity index (χ3n) is 3.17. The number of halogens is 1. The van der Waals surface area contributed by atoms with E-state index in [1.165, 1.54) is 0 Å². The Balaban J connectivity index is 1.99. The van der Waals surface area contributed by atoms with Gasteiger partial charge in [0.2, 0.25) is 0 Å². The Bertz CT molecular complexity index is 625.